The number of aromatic nitrogens is 2. The van der Waals surface area contributed by atoms with Crippen LogP contribution in [0.5, 0.6) is 6.01 Å². The molecule has 0 spiro atoms. The average molecular weight is 222 g/mol. The van der Waals surface area contributed by atoms with Crippen molar-refractivity contribution in [2.45, 2.75) is 13.3 Å². The summed E-state index contributed by atoms with van der Waals surface area (Å²) in [6, 6.07) is 0.309. The number of ether oxygens (including phenoxy) is 2. The summed E-state index contributed by atoms with van der Waals surface area (Å²) < 4.78 is 9.67. The quantitative estimate of drug-likeness (QED) is 0.552. The molecule has 0 atom stereocenters. The highest BCUT2D eigenvalue weighted by Crippen LogP contribution is 2.09. The molecule has 0 aliphatic carbocycles. The topological polar surface area (TPSA) is 61.3 Å². The number of hydrogen-bond donors (Lipinski definition) is 0. The number of carbonyl (C=O) groups excluding carboxylic acids is 1. The molecule has 0 aliphatic heterocycles. The number of methoxy groups -OCH3 is 2. The summed E-state index contributed by atoms with van der Waals surface area (Å²) in [5, 5.41) is 0. The largest absolute Gasteiger partial charge is 0.504 e. The lowest BCUT2D eigenvalue weighted by molar-refractivity contribution is -0.113. The fourth-order valence-electron chi connectivity index (χ4n) is 1.15. The smallest absolute Gasteiger partial charge is 0.316 e. The summed E-state index contributed by atoms with van der Waals surface area (Å²) >= 11 is 0. The minimum Gasteiger partial charge on any atom is -0.504 e. The van der Waals surface area contributed by atoms with E-state index in [-0.39, 0.29) is 5.78 Å². The number of ketones is 1. The molecule has 0 radical (unpaired) electrons. The highest BCUT2D eigenvalue weighted by Gasteiger charge is 2.06. The molecule has 5 heteroatoms. The molecule has 0 aliphatic rings. The fourth-order valence-corrected chi connectivity index (χ4v) is 1.15. The molecule has 1 heterocycles. The summed E-state index contributed by atoms with van der Waals surface area (Å²) in [5.41, 5.74) is 1.41. The Labute approximate surface area is 94.1 Å². The third-order valence-electron chi connectivity index (χ3n) is 1.97. The molecule has 1 aromatic heterocycles. The minimum absolute atomic E-state index is 0.0299. The predicted octanol–water partition coefficient (Wildman–Crippen LogP) is 1.15. The molecule has 0 bridgehead atoms. The van der Waals surface area contributed by atoms with Crippen LogP contribution in [0.15, 0.2) is 24.2 Å². The molecular weight excluding hydrogens is 208 g/mol. The van der Waals surface area contributed by atoms with Gasteiger partial charge >= 0.3 is 6.01 Å². The van der Waals surface area contributed by atoms with Crippen LogP contribution in [-0.2, 0) is 16.0 Å². The van der Waals surface area contributed by atoms with Crippen molar-refractivity contribution in [1.29, 1.82) is 0 Å². The maximum atomic E-state index is 11.2. The van der Waals surface area contributed by atoms with Crippen LogP contribution in [0.25, 0.3) is 0 Å². The lowest BCUT2D eigenvalue weighted by Crippen LogP contribution is -2.03. The van der Waals surface area contributed by atoms with E-state index in [9.17, 15) is 4.79 Å². The van der Waals surface area contributed by atoms with Gasteiger partial charge in [-0.05, 0) is 12.5 Å². The van der Waals surface area contributed by atoms with Gasteiger partial charge in [-0.1, -0.05) is 0 Å². The van der Waals surface area contributed by atoms with Crippen molar-refractivity contribution in [1.82, 2.24) is 9.97 Å². The first-order valence-electron chi connectivity index (χ1n) is 4.75. The first kappa shape index (κ1) is 12.2. The monoisotopic (exact) mass is 222 g/mol. The maximum absolute atomic E-state index is 11.2. The molecule has 16 heavy (non-hydrogen) atoms. The van der Waals surface area contributed by atoms with Crippen LogP contribution in [0.2, 0.25) is 0 Å². The summed E-state index contributed by atoms with van der Waals surface area (Å²) in [7, 11) is 3.01. The van der Waals surface area contributed by atoms with E-state index >= 15 is 0 Å². The first-order valence-corrected chi connectivity index (χ1v) is 4.75. The Morgan fingerprint density at radius 1 is 1.38 bits per heavy atom. The normalized spacial score (nSPS) is 11.1. The number of carbonyl (C=O) groups is 1. The van der Waals surface area contributed by atoms with Crippen LogP contribution in [0, 0.1) is 0 Å². The van der Waals surface area contributed by atoms with Gasteiger partial charge in [0.25, 0.3) is 0 Å². The first-order chi connectivity index (χ1) is 7.67. The van der Waals surface area contributed by atoms with Gasteiger partial charge in [-0.15, -0.1) is 0 Å². The molecule has 5 nitrogen and oxygen atoms in total. The third kappa shape index (κ3) is 3.34. The fraction of sp³-hybridized carbons (Fsp3) is 0.364. The van der Waals surface area contributed by atoms with E-state index in [0.717, 1.165) is 5.56 Å². The molecule has 0 unspecified atom stereocenters. The zero-order valence-corrected chi connectivity index (χ0v) is 9.56. The SMILES string of the molecule is CO/C=C(\Cc1cnc(OC)nc1)C(C)=O. The van der Waals surface area contributed by atoms with Crippen molar-refractivity contribution in [2.24, 2.45) is 0 Å². The van der Waals surface area contributed by atoms with E-state index in [1.807, 2.05) is 0 Å². The molecule has 0 N–H and O–H groups in total. The van der Waals surface area contributed by atoms with Crippen molar-refractivity contribution in [3.05, 3.63) is 29.8 Å². The second-order valence-electron chi connectivity index (χ2n) is 3.19. The van der Waals surface area contributed by atoms with Gasteiger partial charge in [-0.3, -0.25) is 4.79 Å². The van der Waals surface area contributed by atoms with E-state index in [0.29, 0.717) is 18.0 Å². The van der Waals surface area contributed by atoms with E-state index in [2.05, 4.69) is 9.97 Å². The van der Waals surface area contributed by atoms with Crippen molar-refractivity contribution in [3.63, 3.8) is 0 Å². The van der Waals surface area contributed by atoms with Gasteiger partial charge in [-0.25, -0.2) is 9.97 Å². The van der Waals surface area contributed by atoms with Crippen LogP contribution in [0.4, 0.5) is 0 Å². The van der Waals surface area contributed by atoms with Gasteiger partial charge in [-0.2, -0.15) is 0 Å². The van der Waals surface area contributed by atoms with Crippen LogP contribution in [-0.4, -0.2) is 30.0 Å². The Morgan fingerprint density at radius 3 is 2.44 bits per heavy atom. The average Bonchev–Trinajstić information content (AvgIpc) is 2.29. The predicted molar refractivity (Wildman–Crippen MR) is 58.1 cm³/mol. The molecule has 0 saturated carbocycles. The number of allylic oxidation sites excluding steroid dienone is 1. The highest BCUT2D eigenvalue weighted by molar-refractivity contribution is 5.93. The second-order valence-corrected chi connectivity index (χ2v) is 3.19. The number of nitrogens with zero attached hydrogens (tertiary/aromatic N) is 2. The van der Waals surface area contributed by atoms with Gasteiger partial charge in [0.2, 0.25) is 0 Å². The minimum atomic E-state index is -0.0299. The zero-order valence-electron chi connectivity index (χ0n) is 9.56. The Hall–Kier alpha value is -1.91. The van der Waals surface area contributed by atoms with Crippen molar-refractivity contribution >= 4 is 5.78 Å². The lowest BCUT2D eigenvalue weighted by Gasteiger charge is -2.03. The summed E-state index contributed by atoms with van der Waals surface area (Å²) in [6.07, 6.45) is 5.14. The molecule has 1 aromatic rings. The molecular formula is C11H14N2O3. The summed E-state index contributed by atoms with van der Waals surface area (Å²) in [4.78, 5) is 19.2. The van der Waals surface area contributed by atoms with E-state index < -0.39 is 0 Å². The summed E-state index contributed by atoms with van der Waals surface area (Å²) in [6.45, 7) is 1.50. The van der Waals surface area contributed by atoms with Crippen molar-refractivity contribution in [2.75, 3.05) is 14.2 Å². The van der Waals surface area contributed by atoms with Crippen LogP contribution in [0.3, 0.4) is 0 Å². The van der Waals surface area contributed by atoms with E-state index in [1.165, 1.54) is 27.4 Å². The van der Waals surface area contributed by atoms with Crippen molar-refractivity contribution in [3.8, 4) is 6.01 Å². The maximum Gasteiger partial charge on any atom is 0.316 e. The van der Waals surface area contributed by atoms with Gasteiger partial charge in [0.05, 0.1) is 20.5 Å². The van der Waals surface area contributed by atoms with E-state index in [4.69, 9.17) is 9.47 Å². The van der Waals surface area contributed by atoms with Crippen LogP contribution >= 0.6 is 0 Å². The molecule has 0 saturated heterocycles. The second kappa shape index (κ2) is 5.85. The highest BCUT2D eigenvalue weighted by atomic mass is 16.5. The Morgan fingerprint density at radius 2 is 2.00 bits per heavy atom. The Kier molecular flexibility index (Phi) is 4.44. The van der Waals surface area contributed by atoms with Crippen LogP contribution < -0.4 is 4.74 Å². The Bertz CT molecular complexity index is 385. The molecule has 1 rings (SSSR count). The van der Waals surface area contributed by atoms with Gasteiger partial charge in [0.15, 0.2) is 5.78 Å². The van der Waals surface area contributed by atoms with Gasteiger partial charge in [0.1, 0.15) is 0 Å². The Balaban J connectivity index is 2.78. The molecule has 0 aromatic carbocycles. The van der Waals surface area contributed by atoms with Gasteiger partial charge < -0.3 is 9.47 Å². The third-order valence-corrected chi connectivity index (χ3v) is 1.97. The summed E-state index contributed by atoms with van der Waals surface area (Å²) in [5.74, 6) is -0.0299. The standard InChI is InChI=1S/C11H14N2O3/c1-8(14)10(7-15-2)4-9-5-12-11(16-3)13-6-9/h5-7H,4H2,1-3H3/b10-7+. The molecule has 86 valence electrons. The number of Topliss-reactive ketones (excluding diaryl/α,β-unsaturated/α-hetero) is 1. The molecule has 0 amide bonds. The van der Waals surface area contributed by atoms with Crippen LogP contribution in [0.1, 0.15) is 12.5 Å². The lowest BCUT2D eigenvalue weighted by atomic mass is 10.1. The number of hydrogen-bond acceptors (Lipinski definition) is 5. The molecule has 0 fully saturated rings. The van der Waals surface area contributed by atoms with Crippen molar-refractivity contribution < 1.29 is 14.3 Å². The zero-order chi connectivity index (χ0) is 12.0. The number of rotatable bonds is 5. The van der Waals surface area contributed by atoms with E-state index in [1.54, 1.807) is 12.4 Å². The van der Waals surface area contributed by atoms with Gasteiger partial charge in [0, 0.05) is 24.4 Å².